The molecule has 1 aromatic carbocycles. The Hall–Kier alpha value is -1.20. The maximum atomic E-state index is 11.8. The standard InChI is InChI=1S/C13H18N2O2S/c1-17-12-4-2-3-10(7-12)9-18-15-13(16)11-5-6-14-8-11/h2-4,7,11,14H,5-6,8-9H2,1H3,(H,15,16). The maximum absolute atomic E-state index is 11.8. The van der Waals surface area contributed by atoms with E-state index in [0.29, 0.717) is 0 Å². The zero-order valence-electron chi connectivity index (χ0n) is 10.4. The smallest absolute Gasteiger partial charge is 0.234 e. The lowest BCUT2D eigenvalue weighted by molar-refractivity contribution is -0.122. The molecule has 0 saturated carbocycles. The van der Waals surface area contributed by atoms with Crippen LogP contribution in [-0.4, -0.2) is 26.1 Å². The number of nitrogens with one attached hydrogen (secondary N) is 2. The van der Waals surface area contributed by atoms with E-state index < -0.39 is 0 Å². The fourth-order valence-electron chi connectivity index (χ4n) is 1.91. The van der Waals surface area contributed by atoms with Gasteiger partial charge in [-0.1, -0.05) is 12.1 Å². The van der Waals surface area contributed by atoms with Crippen molar-refractivity contribution in [2.45, 2.75) is 12.2 Å². The number of methoxy groups -OCH3 is 1. The second-order valence-corrected chi connectivity index (χ2v) is 5.08. The van der Waals surface area contributed by atoms with Gasteiger partial charge in [0.1, 0.15) is 5.75 Å². The van der Waals surface area contributed by atoms with Gasteiger partial charge in [0.25, 0.3) is 0 Å². The third kappa shape index (κ3) is 3.65. The normalized spacial score (nSPS) is 18.6. The lowest BCUT2D eigenvalue weighted by atomic mass is 10.1. The number of carbonyl (C=O) groups excluding carboxylic acids is 1. The summed E-state index contributed by atoms with van der Waals surface area (Å²) < 4.78 is 8.07. The molecule has 1 atom stereocenters. The van der Waals surface area contributed by atoms with Crippen molar-refractivity contribution in [3.63, 3.8) is 0 Å². The summed E-state index contributed by atoms with van der Waals surface area (Å²) in [5.41, 5.74) is 1.14. The van der Waals surface area contributed by atoms with Crippen molar-refractivity contribution in [3.05, 3.63) is 29.8 Å². The van der Waals surface area contributed by atoms with E-state index in [0.717, 1.165) is 36.6 Å². The summed E-state index contributed by atoms with van der Waals surface area (Å²) in [6.45, 7) is 1.74. The highest BCUT2D eigenvalue weighted by molar-refractivity contribution is 7.97. The van der Waals surface area contributed by atoms with Crippen LogP contribution >= 0.6 is 11.9 Å². The molecule has 2 N–H and O–H groups in total. The predicted octanol–water partition coefficient (Wildman–Crippen LogP) is 1.57. The molecule has 0 aliphatic carbocycles. The van der Waals surface area contributed by atoms with Gasteiger partial charge >= 0.3 is 0 Å². The van der Waals surface area contributed by atoms with Crippen LogP contribution in [0.15, 0.2) is 24.3 Å². The van der Waals surface area contributed by atoms with Crippen molar-refractivity contribution in [3.8, 4) is 5.75 Å². The Bertz CT molecular complexity index is 406. The third-order valence-electron chi connectivity index (χ3n) is 2.98. The highest BCUT2D eigenvalue weighted by Crippen LogP contribution is 2.17. The van der Waals surface area contributed by atoms with E-state index in [9.17, 15) is 4.79 Å². The minimum Gasteiger partial charge on any atom is -0.497 e. The van der Waals surface area contributed by atoms with Gasteiger partial charge in [-0.25, -0.2) is 0 Å². The molecule has 5 heteroatoms. The molecule has 4 nitrogen and oxygen atoms in total. The summed E-state index contributed by atoms with van der Waals surface area (Å²) in [4.78, 5) is 11.8. The van der Waals surface area contributed by atoms with Crippen LogP contribution in [0.2, 0.25) is 0 Å². The second kappa shape index (κ2) is 6.66. The SMILES string of the molecule is COc1cccc(CSNC(=O)C2CCNC2)c1. The van der Waals surface area contributed by atoms with Crippen LogP contribution in [0, 0.1) is 5.92 Å². The minimum absolute atomic E-state index is 0.128. The van der Waals surface area contributed by atoms with E-state index in [1.807, 2.05) is 24.3 Å². The Morgan fingerprint density at radius 2 is 2.50 bits per heavy atom. The molecule has 0 bridgehead atoms. The first-order chi connectivity index (χ1) is 8.79. The van der Waals surface area contributed by atoms with E-state index >= 15 is 0 Å². The largest absolute Gasteiger partial charge is 0.497 e. The summed E-state index contributed by atoms with van der Waals surface area (Å²) in [5, 5.41) is 3.19. The number of hydrogen-bond acceptors (Lipinski definition) is 4. The van der Waals surface area contributed by atoms with Crippen molar-refractivity contribution in [2.24, 2.45) is 5.92 Å². The summed E-state index contributed by atoms with van der Waals surface area (Å²) >= 11 is 1.44. The highest BCUT2D eigenvalue weighted by Gasteiger charge is 2.21. The summed E-state index contributed by atoms with van der Waals surface area (Å²) in [5.74, 6) is 1.86. The average molecular weight is 266 g/mol. The van der Waals surface area contributed by atoms with Crippen molar-refractivity contribution >= 4 is 17.9 Å². The first kappa shape index (κ1) is 13.2. The van der Waals surface area contributed by atoms with E-state index in [1.54, 1.807) is 7.11 Å². The van der Waals surface area contributed by atoms with Crippen LogP contribution in [0.3, 0.4) is 0 Å². The highest BCUT2D eigenvalue weighted by atomic mass is 32.2. The van der Waals surface area contributed by atoms with Crippen molar-refractivity contribution in [1.29, 1.82) is 0 Å². The van der Waals surface area contributed by atoms with Crippen LogP contribution in [0.1, 0.15) is 12.0 Å². The topological polar surface area (TPSA) is 50.4 Å². The average Bonchev–Trinajstić information content (AvgIpc) is 2.93. The number of benzene rings is 1. The minimum atomic E-state index is 0.128. The van der Waals surface area contributed by atoms with Crippen molar-refractivity contribution < 1.29 is 9.53 Å². The molecule has 0 aromatic heterocycles. The van der Waals surface area contributed by atoms with Gasteiger partial charge in [0.15, 0.2) is 0 Å². The number of rotatable bonds is 5. The summed E-state index contributed by atoms with van der Waals surface area (Å²) in [7, 11) is 1.65. The Balaban J connectivity index is 1.75. The van der Waals surface area contributed by atoms with Crippen LogP contribution in [0.4, 0.5) is 0 Å². The molecule has 18 heavy (non-hydrogen) atoms. The lowest BCUT2D eigenvalue weighted by Crippen LogP contribution is -2.27. The van der Waals surface area contributed by atoms with Gasteiger partial charge in [-0.05, 0) is 42.6 Å². The van der Waals surface area contributed by atoms with Crippen LogP contribution < -0.4 is 14.8 Å². The number of hydrogen-bond donors (Lipinski definition) is 2. The van der Waals surface area contributed by atoms with Gasteiger partial charge < -0.3 is 10.1 Å². The van der Waals surface area contributed by atoms with E-state index in [4.69, 9.17) is 4.74 Å². The third-order valence-corrected chi connectivity index (χ3v) is 3.80. The van der Waals surface area contributed by atoms with Gasteiger partial charge in [0, 0.05) is 12.3 Å². The molecule has 1 heterocycles. The van der Waals surface area contributed by atoms with Crippen LogP contribution in [0.25, 0.3) is 0 Å². The molecule has 0 radical (unpaired) electrons. The fourth-order valence-corrected chi connectivity index (χ4v) is 2.64. The van der Waals surface area contributed by atoms with E-state index in [2.05, 4.69) is 10.0 Å². The predicted molar refractivity (Wildman–Crippen MR) is 73.4 cm³/mol. The zero-order valence-corrected chi connectivity index (χ0v) is 11.3. The molecular formula is C13H18N2O2S. The van der Waals surface area contributed by atoms with Gasteiger partial charge in [0.2, 0.25) is 5.91 Å². The summed E-state index contributed by atoms with van der Waals surface area (Å²) in [6.07, 6.45) is 0.936. The number of ether oxygens (including phenoxy) is 1. The molecule has 1 aliphatic heterocycles. The molecule has 1 aliphatic rings. The Morgan fingerprint density at radius 3 is 3.22 bits per heavy atom. The fraction of sp³-hybridized carbons (Fsp3) is 0.462. The maximum Gasteiger partial charge on any atom is 0.234 e. The molecule has 1 amide bonds. The Kier molecular flexibility index (Phi) is 4.90. The van der Waals surface area contributed by atoms with E-state index in [1.165, 1.54) is 11.9 Å². The Labute approximate surface area is 112 Å². The van der Waals surface area contributed by atoms with Crippen molar-refractivity contribution in [2.75, 3.05) is 20.2 Å². The number of amides is 1. The molecule has 0 spiro atoms. The summed E-state index contributed by atoms with van der Waals surface area (Å²) in [6, 6.07) is 7.88. The van der Waals surface area contributed by atoms with Crippen LogP contribution in [0.5, 0.6) is 5.75 Å². The quantitative estimate of drug-likeness (QED) is 0.794. The Morgan fingerprint density at radius 1 is 1.61 bits per heavy atom. The van der Waals surface area contributed by atoms with Gasteiger partial charge in [0.05, 0.1) is 13.0 Å². The molecule has 1 saturated heterocycles. The van der Waals surface area contributed by atoms with Gasteiger partial charge in [-0.15, -0.1) is 0 Å². The zero-order chi connectivity index (χ0) is 12.8. The van der Waals surface area contributed by atoms with E-state index in [-0.39, 0.29) is 11.8 Å². The molecule has 1 aromatic rings. The lowest BCUT2D eigenvalue weighted by Gasteiger charge is -2.09. The van der Waals surface area contributed by atoms with Gasteiger partial charge in [-0.3, -0.25) is 9.52 Å². The van der Waals surface area contributed by atoms with Gasteiger partial charge in [-0.2, -0.15) is 0 Å². The molecule has 98 valence electrons. The first-order valence-electron chi connectivity index (χ1n) is 6.05. The molecule has 1 fully saturated rings. The first-order valence-corrected chi connectivity index (χ1v) is 7.03. The second-order valence-electron chi connectivity index (χ2n) is 4.30. The van der Waals surface area contributed by atoms with Crippen LogP contribution in [-0.2, 0) is 10.5 Å². The molecular weight excluding hydrogens is 248 g/mol. The van der Waals surface area contributed by atoms with Crippen molar-refractivity contribution in [1.82, 2.24) is 10.0 Å². The monoisotopic (exact) mass is 266 g/mol. The number of carbonyl (C=O) groups is 1. The molecule has 2 rings (SSSR count). The molecule has 1 unspecified atom stereocenters.